The van der Waals surface area contributed by atoms with Gasteiger partial charge in [0.05, 0.1) is 0 Å². The van der Waals surface area contributed by atoms with Gasteiger partial charge in [-0.15, -0.1) is 0 Å². The molecule has 0 aliphatic heterocycles. The maximum Gasteiger partial charge on any atom is 0.125 e. The van der Waals surface area contributed by atoms with Crippen LogP contribution in [0.1, 0.15) is 36.1 Å². The van der Waals surface area contributed by atoms with Crippen LogP contribution in [0.25, 0.3) is 0 Å². The quantitative estimate of drug-likeness (QED) is 0.404. The molecule has 2 rings (SSSR count). The fraction of sp³-hybridized carbons (Fsp3) is 0.500. The SMILES string of the molecule is Cc1cccc(C)c1OCC(C)N(C)C/C=C/CN(C)C(C)COc1c(C)cccc1C. The van der Waals surface area contributed by atoms with E-state index in [1.807, 2.05) is 0 Å². The number of likely N-dealkylation sites (N-methyl/N-ethyl adjacent to an activating group) is 2. The predicted octanol–water partition coefficient (Wildman–Crippen LogP) is 5.57. The fourth-order valence-electron chi connectivity index (χ4n) is 3.56. The largest absolute Gasteiger partial charge is 0.491 e. The van der Waals surface area contributed by atoms with Gasteiger partial charge in [-0.3, -0.25) is 9.80 Å². The fourth-order valence-corrected chi connectivity index (χ4v) is 3.56. The van der Waals surface area contributed by atoms with Gasteiger partial charge in [-0.2, -0.15) is 0 Å². The first-order valence-corrected chi connectivity index (χ1v) is 11.6. The third-order valence-electron chi connectivity index (χ3n) is 6.21. The number of hydrogen-bond acceptors (Lipinski definition) is 4. The summed E-state index contributed by atoms with van der Waals surface area (Å²) in [5.74, 6) is 2.03. The second-order valence-corrected chi connectivity index (χ2v) is 9.11. The van der Waals surface area contributed by atoms with Crippen LogP contribution in [-0.2, 0) is 0 Å². The van der Waals surface area contributed by atoms with Gasteiger partial charge in [-0.25, -0.2) is 0 Å². The van der Waals surface area contributed by atoms with Crippen molar-refractivity contribution < 1.29 is 9.47 Å². The number of aryl methyl sites for hydroxylation is 4. The molecule has 32 heavy (non-hydrogen) atoms. The summed E-state index contributed by atoms with van der Waals surface area (Å²) in [5, 5.41) is 0. The summed E-state index contributed by atoms with van der Waals surface area (Å²) in [6.07, 6.45) is 4.48. The van der Waals surface area contributed by atoms with Gasteiger partial charge in [0.25, 0.3) is 0 Å². The van der Waals surface area contributed by atoms with Crippen LogP contribution in [0.3, 0.4) is 0 Å². The third kappa shape index (κ3) is 7.68. The first-order valence-electron chi connectivity index (χ1n) is 11.6. The molecule has 176 valence electrons. The molecule has 0 heterocycles. The molecule has 2 aromatic rings. The monoisotopic (exact) mass is 438 g/mol. The molecular formula is C28H42N2O2. The maximum atomic E-state index is 6.12. The van der Waals surface area contributed by atoms with E-state index in [2.05, 4.69) is 114 Å². The smallest absolute Gasteiger partial charge is 0.125 e. The van der Waals surface area contributed by atoms with E-state index in [-0.39, 0.29) is 0 Å². The first-order chi connectivity index (χ1) is 15.2. The Morgan fingerprint density at radius 2 is 0.969 bits per heavy atom. The van der Waals surface area contributed by atoms with Crippen LogP contribution in [0.2, 0.25) is 0 Å². The Bertz CT molecular complexity index is 766. The number of para-hydroxylation sites is 2. The van der Waals surface area contributed by atoms with Gasteiger partial charge in [0, 0.05) is 25.2 Å². The van der Waals surface area contributed by atoms with Crippen molar-refractivity contribution in [1.82, 2.24) is 9.80 Å². The molecule has 4 heteroatoms. The minimum atomic E-state index is 0.334. The van der Waals surface area contributed by atoms with Crippen LogP contribution in [0, 0.1) is 27.7 Å². The molecule has 0 aromatic heterocycles. The van der Waals surface area contributed by atoms with Crippen molar-refractivity contribution in [3.63, 3.8) is 0 Å². The van der Waals surface area contributed by atoms with Gasteiger partial charge in [0.15, 0.2) is 0 Å². The Morgan fingerprint density at radius 3 is 1.28 bits per heavy atom. The molecule has 0 N–H and O–H groups in total. The summed E-state index contributed by atoms with van der Waals surface area (Å²) in [5.41, 5.74) is 4.77. The molecule has 4 nitrogen and oxygen atoms in total. The topological polar surface area (TPSA) is 24.9 Å². The van der Waals surface area contributed by atoms with E-state index in [0.29, 0.717) is 25.3 Å². The van der Waals surface area contributed by atoms with Crippen LogP contribution >= 0.6 is 0 Å². The normalized spacial score (nSPS) is 13.7. The second-order valence-electron chi connectivity index (χ2n) is 9.11. The number of benzene rings is 2. The summed E-state index contributed by atoms with van der Waals surface area (Å²) in [4.78, 5) is 4.63. The number of rotatable bonds is 12. The van der Waals surface area contributed by atoms with Crippen molar-refractivity contribution in [1.29, 1.82) is 0 Å². The molecule has 0 saturated carbocycles. The van der Waals surface area contributed by atoms with Gasteiger partial charge in [0.2, 0.25) is 0 Å². The first kappa shape index (κ1) is 26.0. The van der Waals surface area contributed by atoms with Crippen molar-refractivity contribution >= 4 is 0 Å². The number of hydrogen-bond donors (Lipinski definition) is 0. The minimum absolute atomic E-state index is 0.334. The maximum absolute atomic E-state index is 6.12. The van der Waals surface area contributed by atoms with Crippen molar-refractivity contribution in [3.05, 3.63) is 70.8 Å². The average molecular weight is 439 g/mol. The van der Waals surface area contributed by atoms with E-state index in [1.165, 1.54) is 22.3 Å². The van der Waals surface area contributed by atoms with Gasteiger partial charge in [-0.1, -0.05) is 48.6 Å². The van der Waals surface area contributed by atoms with Gasteiger partial charge in [-0.05, 0) is 77.9 Å². The van der Waals surface area contributed by atoms with E-state index in [0.717, 1.165) is 24.6 Å². The standard InChI is InChI=1S/C28H42N2O2/c1-21-13-11-14-22(2)27(21)31-19-25(5)29(7)17-9-10-18-30(8)26(6)20-32-28-23(3)15-12-16-24(28)4/h9-16,25-26H,17-20H2,1-8H3/b10-9+. The van der Waals surface area contributed by atoms with Crippen LogP contribution in [0.15, 0.2) is 48.6 Å². The second kappa shape index (κ2) is 12.7. The Labute approximate surface area is 195 Å². The van der Waals surface area contributed by atoms with Crippen LogP contribution in [0.5, 0.6) is 11.5 Å². The highest BCUT2D eigenvalue weighted by molar-refractivity contribution is 5.40. The summed E-state index contributed by atoms with van der Waals surface area (Å²) >= 11 is 0. The van der Waals surface area contributed by atoms with Crippen LogP contribution < -0.4 is 9.47 Å². The zero-order valence-electron chi connectivity index (χ0n) is 21.3. The molecule has 0 radical (unpaired) electrons. The van der Waals surface area contributed by atoms with Crippen molar-refractivity contribution in [2.75, 3.05) is 40.4 Å². The predicted molar refractivity (Wildman–Crippen MR) is 136 cm³/mol. The Morgan fingerprint density at radius 1 is 0.656 bits per heavy atom. The highest BCUT2D eigenvalue weighted by Gasteiger charge is 2.12. The molecule has 0 amide bonds. The lowest BCUT2D eigenvalue weighted by Gasteiger charge is -2.25. The lowest BCUT2D eigenvalue weighted by Crippen LogP contribution is -2.35. The van der Waals surface area contributed by atoms with Crippen molar-refractivity contribution in [3.8, 4) is 11.5 Å². The summed E-state index contributed by atoms with van der Waals surface area (Å²) < 4.78 is 12.2. The molecule has 0 bridgehead atoms. The molecule has 0 aliphatic carbocycles. The molecule has 2 atom stereocenters. The van der Waals surface area contributed by atoms with Gasteiger partial charge < -0.3 is 9.47 Å². The summed E-state index contributed by atoms with van der Waals surface area (Å²) in [6, 6.07) is 13.2. The molecule has 2 unspecified atom stereocenters. The number of ether oxygens (including phenoxy) is 2. The van der Waals surface area contributed by atoms with Crippen LogP contribution in [-0.4, -0.2) is 62.3 Å². The zero-order valence-corrected chi connectivity index (χ0v) is 21.3. The highest BCUT2D eigenvalue weighted by Crippen LogP contribution is 2.23. The lowest BCUT2D eigenvalue weighted by atomic mass is 10.1. The van der Waals surface area contributed by atoms with Crippen molar-refractivity contribution in [2.24, 2.45) is 0 Å². The third-order valence-corrected chi connectivity index (χ3v) is 6.21. The lowest BCUT2D eigenvalue weighted by molar-refractivity contribution is 0.180. The molecule has 0 fully saturated rings. The molecular weight excluding hydrogens is 396 g/mol. The molecule has 0 aliphatic rings. The van der Waals surface area contributed by atoms with E-state index < -0.39 is 0 Å². The minimum Gasteiger partial charge on any atom is -0.491 e. The van der Waals surface area contributed by atoms with E-state index >= 15 is 0 Å². The number of nitrogens with zero attached hydrogens (tertiary/aromatic N) is 2. The van der Waals surface area contributed by atoms with E-state index in [1.54, 1.807) is 0 Å². The highest BCUT2D eigenvalue weighted by atomic mass is 16.5. The van der Waals surface area contributed by atoms with E-state index in [4.69, 9.17) is 9.47 Å². The average Bonchev–Trinajstić information content (AvgIpc) is 2.75. The Balaban J connectivity index is 1.72. The summed E-state index contributed by atoms with van der Waals surface area (Å²) in [6.45, 7) is 16.0. The molecule has 0 spiro atoms. The van der Waals surface area contributed by atoms with Gasteiger partial charge >= 0.3 is 0 Å². The Kier molecular flexibility index (Phi) is 10.3. The van der Waals surface area contributed by atoms with Crippen molar-refractivity contribution in [2.45, 2.75) is 53.6 Å². The molecule has 0 saturated heterocycles. The summed E-state index contributed by atoms with van der Waals surface area (Å²) in [7, 11) is 4.29. The molecule has 2 aromatic carbocycles. The van der Waals surface area contributed by atoms with E-state index in [9.17, 15) is 0 Å². The zero-order chi connectivity index (χ0) is 23.7. The van der Waals surface area contributed by atoms with Crippen LogP contribution in [0.4, 0.5) is 0 Å². The Hall–Kier alpha value is -2.30. The van der Waals surface area contributed by atoms with Gasteiger partial charge in [0.1, 0.15) is 24.7 Å².